The third kappa shape index (κ3) is 3.50. The monoisotopic (exact) mass is 414 g/mol. The van der Waals surface area contributed by atoms with Gasteiger partial charge in [0.05, 0.1) is 21.9 Å². The van der Waals surface area contributed by atoms with Gasteiger partial charge in [-0.3, -0.25) is 25.0 Å². The van der Waals surface area contributed by atoms with Crippen molar-refractivity contribution in [3.8, 4) is 5.69 Å². The molecule has 8 heteroatoms. The summed E-state index contributed by atoms with van der Waals surface area (Å²) in [5, 5.41) is 13.9. The van der Waals surface area contributed by atoms with Crippen LogP contribution >= 0.6 is 15.9 Å². The first-order valence-corrected chi connectivity index (χ1v) is 8.53. The predicted octanol–water partition coefficient (Wildman–Crippen LogP) is 4.20. The fraction of sp³-hybridized carbons (Fsp3) is 0.111. The van der Waals surface area contributed by atoms with Crippen LogP contribution in [0.3, 0.4) is 0 Å². The molecule has 7 nitrogen and oxygen atoms in total. The lowest BCUT2D eigenvalue weighted by Gasteiger charge is -2.04. The highest BCUT2D eigenvalue weighted by molar-refractivity contribution is 9.10. The van der Waals surface area contributed by atoms with Crippen LogP contribution in [0, 0.1) is 24.0 Å². The molecule has 3 aromatic rings. The number of benzene rings is 2. The Hall–Kier alpha value is -3.00. The van der Waals surface area contributed by atoms with Gasteiger partial charge in [0.1, 0.15) is 0 Å². The molecule has 3 rings (SSSR count). The second-order valence-electron chi connectivity index (χ2n) is 5.76. The molecule has 1 heterocycles. The van der Waals surface area contributed by atoms with Gasteiger partial charge in [0.2, 0.25) is 0 Å². The van der Waals surface area contributed by atoms with E-state index < -0.39 is 4.92 Å². The number of H-pyrrole nitrogens is 1. The summed E-state index contributed by atoms with van der Waals surface area (Å²) in [7, 11) is 0. The van der Waals surface area contributed by atoms with E-state index in [4.69, 9.17) is 0 Å². The summed E-state index contributed by atoms with van der Waals surface area (Å²) >= 11 is 3.44. The van der Waals surface area contributed by atoms with Crippen LogP contribution in [0.25, 0.3) is 5.69 Å². The number of rotatable bonds is 4. The standard InChI is InChI=1S/C18H15BrN4O3/c1-11-8-14(6-7-17(11)19)22-18(24)16(12(2)21-22)10-20-13-4-3-5-15(9-13)23(25)26/h3-10,21H,1-2H3. The number of aromatic amines is 1. The van der Waals surface area contributed by atoms with Gasteiger partial charge in [0.15, 0.2) is 0 Å². The maximum Gasteiger partial charge on any atom is 0.280 e. The van der Waals surface area contributed by atoms with Crippen molar-refractivity contribution in [1.29, 1.82) is 0 Å². The second kappa shape index (κ2) is 7.09. The number of halogens is 1. The molecule has 1 aromatic heterocycles. The average Bonchev–Trinajstić information content (AvgIpc) is 2.90. The molecule has 0 radical (unpaired) electrons. The second-order valence-corrected chi connectivity index (χ2v) is 6.61. The smallest absolute Gasteiger partial charge is 0.280 e. The third-order valence-corrected chi connectivity index (χ3v) is 4.79. The van der Waals surface area contributed by atoms with Gasteiger partial charge in [-0.25, -0.2) is 4.68 Å². The molecule has 0 aliphatic heterocycles. The zero-order valence-corrected chi connectivity index (χ0v) is 15.6. The summed E-state index contributed by atoms with van der Waals surface area (Å²) in [6, 6.07) is 11.5. The van der Waals surface area contributed by atoms with Crippen molar-refractivity contribution in [3.05, 3.63) is 84.2 Å². The van der Waals surface area contributed by atoms with Crippen LogP contribution in [-0.2, 0) is 0 Å². The summed E-state index contributed by atoms with van der Waals surface area (Å²) in [5.74, 6) is 0. The number of nitro groups is 1. The fourth-order valence-electron chi connectivity index (χ4n) is 2.49. The van der Waals surface area contributed by atoms with E-state index in [2.05, 4.69) is 26.0 Å². The molecule has 0 bridgehead atoms. The van der Waals surface area contributed by atoms with Crippen molar-refractivity contribution >= 4 is 33.5 Å². The number of nitrogens with one attached hydrogen (secondary N) is 1. The molecule has 0 atom stereocenters. The Kier molecular flexibility index (Phi) is 4.85. The third-order valence-electron chi connectivity index (χ3n) is 3.90. The molecule has 0 spiro atoms. The van der Waals surface area contributed by atoms with E-state index >= 15 is 0 Å². The molecule has 0 amide bonds. The minimum Gasteiger partial charge on any atom is -0.295 e. The number of aryl methyl sites for hydroxylation is 2. The Morgan fingerprint density at radius 3 is 2.69 bits per heavy atom. The van der Waals surface area contributed by atoms with E-state index in [1.165, 1.54) is 23.0 Å². The minimum atomic E-state index is -0.483. The normalized spacial score (nSPS) is 11.2. The van der Waals surface area contributed by atoms with E-state index in [1.807, 2.05) is 25.1 Å². The van der Waals surface area contributed by atoms with Gasteiger partial charge in [-0.2, -0.15) is 0 Å². The summed E-state index contributed by atoms with van der Waals surface area (Å²) in [6.45, 7) is 3.72. The van der Waals surface area contributed by atoms with Gasteiger partial charge in [0, 0.05) is 28.5 Å². The molecule has 0 aliphatic carbocycles. The number of aliphatic imine (C=N–C) groups is 1. The van der Waals surface area contributed by atoms with Crippen molar-refractivity contribution < 1.29 is 4.92 Å². The van der Waals surface area contributed by atoms with Crippen LogP contribution in [0.4, 0.5) is 11.4 Å². The van der Waals surface area contributed by atoms with Gasteiger partial charge in [-0.05, 0) is 43.7 Å². The summed E-state index contributed by atoms with van der Waals surface area (Å²) in [5.41, 5.74) is 2.90. The van der Waals surface area contributed by atoms with E-state index in [9.17, 15) is 14.9 Å². The van der Waals surface area contributed by atoms with Gasteiger partial charge in [0.25, 0.3) is 11.2 Å². The van der Waals surface area contributed by atoms with E-state index in [0.29, 0.717) is 22.6 Å². The Morgan fingerprint density at radius 2 is 2.00 bits per heavy atom. The number of hydrogen-bond donors (Lipinski definition) is 1. The van der Waals surface area contributed by atoms with Gasteiger partial charge >= 0.3 is 0 Å². The molecule has 0 saturated carbocycles. The van der Waals surface area contributed by atoms with E-state index in [0.717, 1.165) is 10.0 Å². The van der Waals surface area contributed by atoms with Crippen LogP contribution in [0.5, 0.6) is 0 Å². The van der Waals surface area contributed by atoms with Crippen molar-refractivity contribution in [2.75, 3.05) is 0 Å². The molecular formula is C18H15BrN4O3. The Balaban J connectivity index is 1.98. The number of non-ortho nitro benzene ring substituents is 1. The summed E-state index contributed by atoms with van der Waals surface area (Å²) in [6.07, 6.45) is 1.43. The molecule has 132 valence electrons. The van der Waals surface area contributed by atoms with Crippen LogP contribution in [-0.4, -0.2) is 20.9 Å². The minimum absolute atomic E-state index is 0.0480. The van der Waals surface area contributed by atoms with Gasteiger partial charge < -0.3 is 0 Å². The maximum absolute atomic E-state index is 12.7. The van der Waals surface area contributed by atoms with Crippen molar-refractivity contribution in [2.24, 2.45) is 4.99 Å². The van der Waals surface area contributed by atoms with Crippen LogP contribution in [0.15, 0.2) is 56.7 Å². The molecule has 26 heavy (non-hydrogen) atoms. The first-order valence-electron chi connectivity index (χ1n) is 7.73. The zero-order valence-electron chi connectivity index (χ0n) is 14.1. The first kappa shape index (κ1) is 17.8. The molecule has 2 aromatic carbocycles. The quantitative estimate of drug-likeness (QED) is 0.393. The van der Waals surface area contributed by atoms with Crippen molar-refractivity contribution in [3.63, 3.8) is 0 Å². The first-order chi connectivity index (χ1) is 12.4. The molecular weight excluding hydrogens is 400 g/mol. The van der Waals surface area contributed by atoms with Crippen molar-refractivity contribution in [2.45, 2.75) is 13.8 Å². The number of nitrogens with zero attached hydrogens (tertiary/aromatic N) is 3. The topological polar surface area (TPSA) is 93.3 Å². The van der Waals surface area contributed by atoms with E-state index in [-0.39, 0.29) is 11.2 Å². The van der Waals surface area contributed by atoms with Crippen molar-refractivity contribution in [1.82, 2.24) is 9.78 Å². The van der Waals surface area contributed by atoms with Crippen LogP contribution in [0.2, 0.25) is 0 Å². The fourth-order valence-corrected chi connectivity index (χ4v) is 2.73. The number of nitro benzene ring substituents is 1. The summed E-state index contributed by atoms with van der Waals surface area (Å²) < 4.78 is 2.41. The lowest BCUT2D eigenvalue weighted by molar-refractivity contribution is -0.384. The Labute approximate surface area is 157 Å². The average molecular weight is 415 g/mol. The highest BCUT2D eigenvalue weighted by atomic mass is 79.9. The largest absolute Gasteiger partial charge is 0.295 e. The zero-order chi connectivity index (χ0) is 18.8. The predicted molar refractivity (Wildman–Crippen MR) is 104 cm³/mol. The Bertz CT molecular complexity index is 1080. The summed E-state index contributed by atoms with van der Waals surface area (Å²) in [4.78, 5) is 27.3. The van der Waals surface area contributed by atoms with Gasteiger partial charge in [-0.15, -0.1) is 0 Å². The van der Waals surface area contributed by atoms with Crippen LogP contribution in [0.1, 0.15) is 16.8 Å². The number of aromatic nitrogens is 2. The molecule has 0 fully saturated rings. The lowest BCUT2D eigenvalue weighted by Crippen LogP contribution is -2.17. The maximum atomic E-state index is 12.7. The molecule has 0 saturated heterocycles. The number of hydrogen-bond acceptors (Lipinski definition) is 4. The molecule has 1 N–H and O–H groups in total. The molecule has 0 aliphatic rings. The lowest BCUT2D eigenvalue weighted by atomic mass is 10.2. The molecule has 0 unspecified atom stereocenters. The SMILES string of the molecule is Cc1cc(-n2[nH]c(C)c(C=Nc3cccc([N+](=O)[O-])c3)c2=O)ccc1Br. The van der Waals surface area contributed by atoms with E-state index in [1.54, 1.807) is 19.1 Å². The van der Waals surface area contributed by atoms with Crippen LogP contribution < -0.4 is 5.56 Å². The van der Waals surface area contributed by atoms with Gasteiger partial charge in [-0.1, -0.05) is 22.0 Å². The Morgan fingerprint density at radius 1 is 1.23 bits per heavy atom. The highest BCUT2D eigenvalue weighted by Crippen LogP contribution is 2.20. The highest BCUT2D eigenvalue weighted by Gasteiger charge is 2.12.